The Morgan fingerprint density at radius 3 is 2.18 bits per heavy atom. The van der Waals surface area contributed by atoms with Gasteiger partial charge in [-0.15, -0.1) is 0 Å². The van der Waals surface area contributed by atoms with Crippen molar-refractivity contribution in [3.63, 3.8) is 0 Å². The van der Waals surface area contributed by atoms with Crippen LogP contribution in [0.25, 0.3) is 0 Å². The maximum Gasteiger partial charge on any atom is 0.408 e. The summed E-state index contributed by atoms with van der Waals surface area (Å²) in [5.41, 5.74) is 1.60. The average molecular weight is 383 g/mol. The molecule has 0 aromatic heterocycles. The lowest BCUT2D eigenvalue weighted by atomic mass is 10.1. The summed E-state index contributed by atoms with van der Waals surface area (Å²) in [6, 6.07) is 19.6. The van der Waals surface area contributed by atoms with Gasteiger partial charge in [-0.2, -0.15) is 0 Å². The zero-order chi connectivity index (χ0) is 20.4. The number of aliphatic imine (C=N–C) groups is 1. The molecule has 0 saturated heterocycles. The molecular weight excluding hydrogens is 352 g/mol. The highest BCUT2D eigenvalue weighted by molar-refractivity contribution is 5.79. The van der Waals surface area contributed by atoms with E-state index < -0.39 is 11.7 Å². The van der Waals surface area contributed by atoms with Crippen LogP contribution in [0.3, 0.4) is 0 Å². The number of alkyl carbamates (subject to hydrolysis) is 1. The Morgan fingerprint density at radius 2 is 1.61 bits per heavy atom. The minimum atomic E-state index is -0.550. The van der Waals surface area contributed by atoms with Crippen molar-refractivity contribution in [2.24, 2.45) is 4.99 Å². The van der Waals surface area contributed by atoms with Gasteiger partial charge in [0.15, 0.2) is 5.96 Å². The molecule has 0 spiro atoms. The Kier molecular flexibility index (Phi) is 7.87. The van der Waals surface area contributed by atoms with E-state index in [4.69, 9.17) is 4.74 Å². The van der Waals surface area contributed by atoms with Crippen LogP contribution in [-0.4, -0.2) is 31.2 Å². The van der Waals surface area contributed by atoms with Crippen LogP contribution in [0.15, 0.2) is 65.7 Å². The molecule has 0 aliphatic heterocycles. The highest BCUT2D eigenvalue weighted by Gasteiger charge is 2.20. The first-order chi connectivity index (χ1) is 13.4. The van der Waals surface area contributed by atoms with E-state index in [2.05, 4.69) is 33.1 Å². The Labute approximate surface area is 167 Å². The van der Waals surface area contributed by atoms with Crippen LogP contribution in [0.1, 0.15) is 37.9 Å². The number of hydrogen-bond donors (Lipinski definition) is 3. The number of benzene rings is 2. The van der Waals surface area contributed by atoms with E-state index in [0.29, 0.717) is 19.0 Å². The Bertz CT molecular complexity index is 755. The summed E-state index contributed by atoms with van der Waals surface area (Å²) in [4.78, 5) is 16.5. The summed E-state index contributed by atoms with van der Waals surface area (Å²) in [7, 11) is 1.72. The van der Waals surface area contributed by atoms with Crippen LogP contribution < -0.4 is 16.0 Å². The molecule has 0 aliphatic rings. The van der Waals surface area contributed by atoms with Gasteiger partial charge in [0, 0.05) is 20.1 Å². The fourth-order valence-corrected chi connectivity index (χ4v) is 2.59. The molecule has 0 fully saturated rings. The minimum Gasteiger partial charge on any atom is -0.444 e. The smallest absolute Gasteiger partial charge is 0.408 e. The molecule has 6 nitrogen and oxygen atoms in total. The molecule has 2 rings (SSSR count). The molecule has 2 aromatic rings. The first-order valence-electron chi connectivity index (χ1n) is 9.40. The van der Waals surface area contributed by atoms with Crippen molar-refractivity contribution in [1.29, 1.82) is 0 Å². The number of rotatable bonds is 6. The van der Waals surface area contributed by atoms with E-state index >= 15 is 0 Å². The van der Waals surface area contributed by atoms with E-state index in [9.17, 15) is 4.79 Å². The summed E-state index contributed by atoms with van der Waals surface area (Å²) in [5, 5.41) is 9.49. The predicted octanol–water partition coefficient (Wildman–Crippen LogP) is 3.62. The number of amides is 1. The molecule has 150 valence electrons. The number of nitrogens with one attached hydrogen (secondary N) is 3. The largest absolute Gasteiger partial charge is 0.444 e. The van der Waals surface area contributed by atoms with Crippen LogP contribution in [0.2, 0.25) is 0 Å². The molecule has 0 aliphatic carbocycles. The lowest BCUT2D eigenvalue weighted by molar-refractivity contribution is 0.0504. The maximum absolute atomic E-state index is 12.3. The quantitative estimate of drug-likeness (QED) is 0.527. The molecule has 0 heterocycles. The summed E-state index contributed by atoms with van der Waals surface area (Å²) in [6.07, 6.45) is -0.449. The lowest BCUT2D eigenvalue weighted by Crippen LogP contribution is -2.44. The maximum atomic E-state index is 12.3. The number of carbonyl (C=O) groups excluding carboxylic acids is 1. The lowest BCUT2D eigenvalue weighted by Gasteiger charge is -2.24. The summed E-state index contributed by atoms with van der Waals surface area (Å²) in [6.45, 7) is 6.67. The summed E-state index contributed by atoms with van der Waals surface area (Å²) >= 11 is 0. The van der Waals surface area contributed by atoms with E-state index in [1.807, 2.05) is 69.3 Å². The van der Waals surface area contributed by atoms with Gasteiger partial charge in [-0.3, -0.25) is 4.99 Å². The number of nitrogens with zero attached hydrogens (tertiary/aromatic N) is 1. The van der Waals surface area contributed by atoms with Crippen LogP contribution in [0.5, 0.6) is 0 Å². The van der Waals surface area contributed by atoms with Crippen molar-refractivity contribution in [1.82, 2.24) is 16.0 Å². The molecule has 1 unspecified atom stereocenters. The van der Waals surface area contributed by atoms with Gasteiger partial charge in [0.2, 0.25) is 0 Å². The van der Waals surface area contributed by atoms with Crippen LogP contribution >= 0.6 is 0 Å². The van der Waals surface area contributed by atoms with Crippen molar-refractivity contribution < 1.29 is 9.53 Å². The second-order valence-electron chi connectivity index (χ2n) is 7.40. The molecule has 0 saturated carbocycles. The normalized spacial score (nSPS) is 12.8. The number of ether oxygens (including phenoxy) is 1. The SMILES string of the molecule is CN=C(NCc1ccccc1)NCC(NC(=O)OC(C)(C)C)c1ccccc1. The third kappa shape index (κ3) is 7.70. The van der Waals surface area contributed by atoms with Crippen molar-refractivity contribution >= 4 is 12.1 Å². The number of hydrogen-bond acceptors (Lipinski definition) is 3. The van der Waals surface area contributed by atoms with E-state index in [0.717, 1.165) is 11.1 Å². The van der Waals surface area contributed by atoms with Crippen molar-refractivity contribution in [2.75, 3.05) is 13.6 Å². The predicted molar refractivity (Wildman–Crippen MR) is 113 cm³/mol. The van der Waals surface area contributed by atoms with E-state index in [-0.39, 0.29) is 6.04 Å². The third-order valence-corrected chi connectivity index (χ3v) is 3.89. The Morgan fingerprint density at radius 1 is 1.00 bits per heavy atom. The summed E-state index contributed by atoms with van der Waals surface area (Å²) < 4.78 is 5.40. The molecule has 1 atom stereocenters. The standard InChI is InChI=1S/C22H30N4O2/c1-22(2,3)28-21(27)26-19(18-13-9-6-10-14-18)16-25-20(23-4)24-15-17-11-7-5-8-12-17/h5-14,19H,15-16H2,1-4H3,(H,26,27)(H2,23,24,25). The Balaban J connectivity index is 1.98. The first-order valence-corrected chi connectivity index (χ1v) is 9.40. The Hall–Kier alpha value is -3.02. The molecule has 28 heavy (non-hydrogen) atoms. The minimum absolute atomic E-state index is 0.258. The van der Waals surface area contributed by atoms with Crippen LogP contribution in [0, 0.1) is 0 Å². The van der Waals surface area contributed by atoms with Gasteiger partial charge in [0.25, 0.3) is 0 Å². The zero-order valence-corrected chi connectivity index (χ0v) is 17.0. The number of carbonyl (C=O) groups is 1. The van der Waals surface area contributed by atoms with Gasteiger partial charge in [-0.1, -0.05) is 60.7 Å². The second kappa shape index (κ2) is 10.3. The van der Waals surface area contributed by atoms with E-state index in [1.54, 1.807) is 7.05 Å². The van der Waals surface area contributed by atoms with Gasteiger partial charge < -0.3 is 20.7 Å². The molecule has 2 aromatic carbocycles. The zero-order valence-electron chi connectivity index (χ0n) is 17.0. The van der Waals surface area contributed by atoms with Gasteiger partial charge in [0.1, 0.15) is 5.60 Å². The molecule has 0 radical (unpaired) electrons. The van der Waals surface area contributed by atoms with Crippen LogP contribution in [0.4, 0.5) is 4.79 Å². The van der Waals surface area contributed by atoms with Crippen molar-refractivity contribution in [3.8, 4) is 0 Å². The first kappa shape index (κ1) is 21.3. The molecule has 3 N–H and O–H groups in total. The van der Waals surface area contributed by atoms with Crippen molar-refractivity contribution in [2.45, 2.75) is 39.0 Å². The van der Waals surface area contributed by atoms with Gasteiger partial charge >= 0.3 is 6.09 Å². The fourth-order valence-electron chi connectivity index (χ4n) is 2.59. The number of guanidine groups is 1. The van der Waals surface area contributed by atoms with Crippen molar-refractivity contribution in [3.05, 3.63) is 71.8 Å². The molecule has 1 amide bonds. The summed E-state index contributed by atoms with van der Waals surface area (Å²) in [5.74, 6) is 0.663. The third-order valence-electron chi connectivity index (χ3n) is 3.89. The molecular formula is C22H30N4O2. The van der Waals surface area contributed by atoms with Gasteiger partial charge in [-0.05, 0) is 31.9 Å². The van der Waals surface area contributed by atoms with Gasteiger partial charge in [-0.25, -0.2) is 4.79 Å². The average Bonchev–Trinajstić information content (AvgIpc) is 2.67. The topological polar surface area (TPSA) is 74.8 Å². The molecule has 0 bridgehead atoms. The second-order valence-corrected chi connectivity index (χ2v) is 7.40. The van der Waals surface area contributed by atoms with E-state index in [1.165, 1.54) is 0 Å². The highest BCUT2D eigenvalue weighted by atomic mass is 16.6. The monoisotopic (exact) mass is 382 g/mol. The molecule has 6 heteroatoms. The highest BCUT2D eigenvalue weighted by Crippen LogP contribution is 2.14. The van der Waals surface area contributed by atoms with Gasteiger partial charge in [0.05, 0.1) is 6.04 Å². The fraction of sp³-hybridized carbons (Fsp3) is 0.364. The van der Waals surface area contributed by atoms with Crippen LogP contribution in [-0.2, 0) is 11.3 Å².